The Balaban J connectivity index is 1.85. The Morgan fingerprint density at radius 1 is 0.968 bits per heavy atom. The van der Waals surface area contributed by atoms with E-state index in [1.54, 1.807) is 21.4 Å². The molecular weight excluding hydrogens is 390 g/mol. The zero-order valence-corrected chi connectivity index (χ0v) is 18.4. The highest BCUT2D eigenvalue weighted by molar-refractivity contribution is 5.95. The zero-order valence-electron chi connectivity index (χ0n) is 18.4. The highest BCUT2D eigenvalue weighted by Crippen LogP contribution is 2.24. The summed E-state index contributed by atoms with van der Waals surface area (Å²) in [6.07, 6.45) is 5.98. The average molecular weight is 422 g/mol. The van der Waals surface area contributed by atoms with Crippen molar-refractivity contribution in [2.75, 3.05) is 0 Å². The highest BCUT2D eigenvalue weighted by atomic mass is 16.4. The molecule has 31 heavy (non-hydrogen) atoms. The van der Waals surface area contributed by atoms with E-state index in [1.807, 2.05) is 36.4 Å². The lowest BCUT2D eigenvalue weighted by molar-refractivity contribution is 0.0697. The number of carbonyl (C=O) groups is 1. The first-order valence-electron chi connectivity index (χ1n) is 11.1. The molecule has 3 rings (SSSR count). The molecule has 0 aliphatic rings. The molecule has 0 spiro atoms. The van der Waals surface area contributed by atoms with Gasteiger partial charge in [-0.25, -0.2) is 14.3 Å². The summed E-state index contributed by atoms with van der Waals surface area (Å²) >= 11 is 0. The maximum atomic E-state index is 13.0. The first-order chi connectivity index (χ1) is 15.0. The third-order valence-electron chi connectivity index (χ3n) is 5.49. The van der Waals surface area contributed by atoms with Crippen molar-refractivity contribution in [1.82, 2.24) is 14.3 Å². The monoisotopic (exact) mass is 421 g/mol. The molecule has 3 aromatic rings. The van der Waals surface area contributed by atoms with E-state index in [2.05, 4.69) is 18.9 Å². The Labute approximate surface area is 183 Å². The van der Waals surface area contributed by atoms with Crippen molar-refractivity contribution in [3.05, 3.63) is 76.0 Å². The minimum atomic E-state index is -0.942. The lowest BCUT2D eigenvalue weighted by Crippen LogP contribution is -2.26. The summed E-state index contributed by atoms with van der Waals surface area (Å²) in [6, 6.07) is 14.7. The van der Waals surface area contributed by atoms with Crippen molar-refractivity contribution in [3.63, 3.8) is 0 Å². The van der Waals surface area contributed by atoms with E-state index < -0.39 is 5.97 Å². The van der Waals surface area contributed by atoms with Crippen LogP contribution in [0.3, 0.4) is 0 Å². The van der Waals surface area contributed by atoms with E-state index in [9.17, 15) is 14.7 Å². The fourth-order valence-electron chi connectivity index (χ4n) is 3.72. The number of rotatable bonds is 11. The van der Waals surface area contributed by atoms with Crippen LogP contribution in [0.2, 0.25) is 0 Å². The molecule has 6 heteroatoms. The maximum absolute atomic E-state index is 13.0. The van der Waals surface area contributed by atoms with E-state index >= 15 is 0 Å². The van der Waals surface area contributed by atoms with Crippen LogP contribution in [0.5, 0.6) is 0 Å². The van der Waals surface area contributed by atoms with Crippen molar-refractivity contribution in [1.29, 1.82) is 0 Å². The number of hydrogen-bond donors (Lipinski definition) is 1. The number of carboxylic acid groups (broad SMARTS) is 1. The Bertz CT molecular complexity index is 1060. The third-order valence-corrected chi connectivity index (χ3v) is 5.49. The number of unbranched alkanes of at least 4 members (excludes halogenated alkanes) is 3. The van der Waals surface area contributed by atoms with E-state index in [4.69, 9.17) is 0 Å². The standard InChI is InChI=1S/C25H31N3O3/c1-3-5-9-17-28-25(31)27(23(26-28)12-6-4-2)18-19-13-15-20(16-14-19)21-10-7-8-11-22(21)24(29)30/h7-8,10-11,13-16H,3-6,9,12,17-18H2,1-2H3,(H,29,30). The maximum Gasteiger partial charge on any atom is 0.346 e. The van der Waals surface area contributed by atoms with Crippen molar-refractivity contribution >= 4 is 5.97 Å². The van der Waals surface area contributed by atoms with Crippen LogP contribution in [0.25, 0.3) is 11.1 Å². The van der Waals surface area contributed by atoms with Crippen LogP contribution in [0.4, 0.5) is 0 Å². The molecule has 0 unspecified atom stereocenters. The quantitative estimate of drug-likeness (QED) is 0.443. The molecule has 1 N–H and O–H groups in total. The Morgan fingerprint density at radius 2 is 1.68 bits per heavy atom. The van der Waals surface area contributed by atoms with Crippen molar-refractivity contribution in [2.24, 2.45) is 0 Å². The van der Waals surface area contributed by atoms with Crippen LogP contribution in [0.15, 0.2) is 53.3 Å². The van der Waals surface area contributed by atoms with Gasteiger partial charge in [0.05, 0.1) is 12.1 Å². The number of aryl methyl sites for hydroxylation is 2. The smallest absolute Gasteiger partial charge is 0.346 e. The Hall–Kier alpha value is -3.15. The van der Waals surface area contributed by atoms with Crippen molar-refractivity contribution in [3.8, 4) is 11.1 Å². The van der Waals surface area contributed by atoms with Gasteiger partial charge in [0, 0.05) is 13.0 Å². The second-order valence-electron chi connectivity index (χ2n) is 7.87. The second-order valence-corrected chi connectivity index (χ2v) is 7.87. The largest absolute Gasteiger partial charge is 0.478 e. The normalized spacial score (nSPS) is 11.0. The molecule has 0 fully saturated rings. The average Bonchev–Trinajstić information content (AvgIpc) is 3.07. The van der Waals surface area contributed by atoms with Gasteiger partial charge in [-0.1, -0.05) is 75.6 Å². The second kappa shape index (κ2) is 10.8. The summed E-state index contributed by atoms with van der Waals surface area (Å²) in [5.41, 5.74) is 2.75. The first kappa shape index (κ1) is 22.5. The van der Waals surface area contributed by atoms with Gasteiger partial charge in [-0.3, -0.25) is 4.57 Å². The van der Waals surface area contributed by atoms with Gasteiger partial charge in [0.25, 0.3) is 0 Å². The Morgan fingerprint density at radius 3 is 2.35 bits per heavy atom. The summed E-state index contributed by atoms with van der Waals surface area (Å²) in [5.74, 6) is -0.106. The van der Waals surface area contributed by atoms with Gasteiger partial charge in [-0.2, -0.15) is 5.10 Å². The molecule has 0 bridgehead atoms. The van der Waals surface area contributed by atoms with Crippen LogP contribution in [0, 0.1) is 0 Å². The molecule has 2 aromatic carbocycles. The minimum Gasteiger partial charge on any atom is -0.478 e. The van der Waals surface area contributed by atoms with Crippen LogP contribution in [-0.4, -0.2) is 25.4 Å². The number of carboxylic acids is 1. The van der Waals surface area contributed by atoms with Gasteiger partial charge in [-0.15, -0.1) is 0 Å². The lowest BCUT2D eigenvalue weighted by Gasteiger charge is -2.09. The fraction of sp³-hybridized carbons (Fsp3) is 0.400. The van der Waals surface area contributed by atoms with Gasteiger partial charge < -0.3 is 5.11 Å². The van der Waals surface area contributed by atoms with Crippen molar-refractivity contribution < 1.29 is 9.90 Å². The SMILES string of the molecule is CCCCCn1nc(CCCC)n(Cc2ccc(-c3ccccc3C(=O)O)cc2)c1=O. The number of nitrogens with zero attached hydrogens (tertiary/aromatic N) is 3. The van der Waals surface area contributed by atoms with Crippen molar-refractivity contribution in [2.45, 2.75) is 65.5 Å². The zero-order chi connectivity index (χ0) is 22.2. The molecule has 164 valence electrons. The van der Waals surface area contributed by atoms with E-state index in [0.717, 1.165) is 55.5 Å². The minimum absolute atomic E-state index is 0.0532. The van der Waals surface area contributed by atoms with Crippen LogP contribution in [-0.2, 0) is 19.5 Å². The molecule has 6 nitrogen and oxygen atoms in total. The molecule has 1 heterocycles. The van der Waals surface area contributed by atoms with Gasteiger partial charge in [-0.05, 0) is 35.6 Å². The number of aromatic nitrogens is 3. The molecule has 0 atom stereocenters. The van der Waals surface area contributed by atoms with E-state index in [0.29, 0.717) is 18.7 Å². The van der Waals surface area contributed by atoms with Crippen LogP contribution in [0.1, 0.15) is 67.7 Å². The van der Waals surface area contributed by atoms with Crippen LogP contribution >= 0.6 is 0 Å². The molecule has 0 aliphatic carbocycles. The predicted molar refractivity (Wildman–Crippen MR) is 123 cm³/mol. The van der Waals surface area contributed by atoms with Gasteiger partial charge >= 0.3 is 11.7 Å². The molecule has 1 aromatic heterocycles. The van der Waals surface area contributed by atoms with Crippen LogP contribution < -0.4 is 5.69 Å². The summed E-state index contributed by atoms with van der Waals surface area (Å²) in [7, 11) is 0. The summed E-state index contributed by atoms with van der Waals surface area (Å²) < 4.78 is 3.39. The van der Waals surface area contributed by atoms with Gasteiger partial charge in [0.1, 0.15) is 5.82 Å². The molecule has 0 radical (unpaired) electrons. The molecule has 0 amide bonds. The number of hydrogen-bond acceptors (Lipinski definition) is 3. The first-order valence-corrected chi connectivity index (χ1v) is 11.1. The molecular formula is C25H31N3O3. The van der Waals surface area contributed by atoms with Gasteiger partial charge in [0.15, 0.2) is 0 Å². The van der Waals surface area contributed by atoms with E-state index in [1.165, 1.54) is 0 Å². The van der Waals surface area contributed by atoms with Gasteiger partial charge in [0.2, 0.25) is 0 Å². The lowest BCUT2D eigenvalue weighted by atomic mass is 9.99. The number of benzene rings is 2. The highest BCUT2D eigenvalue weighted by Gasteiger charge is 2.14. The number of aromatic carboxylic acids is 1. The van der Waals surface area contributed by atoms with E-state index in [-0.39, 0.29) is 11.3 Å². The molecule has 0 saturated carbocycles. The Kier molecular flexibility index (Phi) is 7.82. The fourth-order valence-corrected chi connectivity index (χ4v) is 3.72. The molecule has 0 aliphatic heterocycles. The summed E-state index contributed by atoms with van der Waals surface area (Å²) in [6.45, 7) is 5.40. The summed E-state index contributed by atoms with van der Waals surface area (Å²) in [5, 5.41) is 14.1. The molecule has 0 saturated heterocycles. The summed E-state index contributed by atoms with van der Waals surface area (Å²) in [4.78, 5) is 24.5. The predicted octanol–water partition coefficient (Wildman–Crippen LogP) is 4.99. The topological polar surface area (TPSA) is 77.1 Å². The third kappa shape index (κ3) is 5.51.